The van der Waals surface area contributed by atoms with Crippen molar-refractivity contribution in [3.63, 3.8) is 0 Å². The molecule has 5 unspecified atom stereocenters. The molecule has 0 bridgehead atoms. The van der Waals surface area contributed by atoms with E-state index < -0.39 is 30.4 Å². The fraction of sp³-hybridized carbons (Fsp3) is 0.586. The van der Waals surface area contributed by atoms with E-state index in [-0.39, 0.29) is 36.2 Å². The zero-order chi connectivity index (χ0) is 26.5. The second kappa shape index (κ2) is 12.1. The Morgan fingerprint density at radius 3 is 2.62 bits per heavy atom. The highest BCUT2D eigenvalue weighted by Crippen LogP contribution is 2.44. The Morgan fingerprint density at radius 1 is 1.16 bits per heavy atom. The number of carbonyl (C=O) groups is 2. The van der Waals surface area contributed by atoms with Crippen LogP contribution in [0.1, 0.15) is 52.4 Å². The van der Waals surface area contributed by atoms with Crippen molar-refractivity contribution in [1.82, 2.24) is 0 Å². The van der Waals surface area contributed by atoms with Crippen LogP contribution in [-0.4, -0.2) is 59.8 Å². The third kappa shape index (κ3) is 6.54. The lowest BCUT2D eigenvalue weighted by molar-refractivity contribution is -0.165. The summed E-state index contributed by atoms with van der Waals surface area (Å²) >= 11 is 0. The third-order valence-electron chi connectivity index (χ3n) is 7.67. The van der Waals surface area contributed by atoms with Crippen molar-refractivity contribution < 1.29 is 38.7 Å². The van der Waals surface area contributed by atoms with Crippen LogP contribution in [0.5, 0.6) is 11.5 Å². The average molecular weight is 515 g/mol. The molecule has 4 rings (SSSR count). The van der Waals surface area contributed by atoms with Gasteiger partial charge in [0.2, 0.25) is 0 Å². The summed E-state index contributed by atoms with van der Waals surface area (Å²) in [6, 6.07) is 7.16. The van der Waals surface area contributed by atoms with Crippen LogP contribution in [0.25, 0.3) is 0 Å². The highest BCUT2D eigenvalue weighted by molar-refractivity contribution is 5.75. The van der Waals surface area contributed by atoms with E-state index in [0.717, 1.165) is 12.0 Å². The number of fused-ring (bicyclic) bond motifs is 1. The van der Waals surface area contributed by atoms with Crippen molar-refractivity contribution in [3.05, 3.63) is 48.1 Å². The first-order chi connectivity index (χ1) is 17.8. The summed E-state index contributed by atoms with van der Waals surface area (Å²) in [7, 11) is 1.55. The zero-order valence-corrected chi connectivity index (χ0v) is 21.7. The van der Waals surface area contributed by atoms with Gasteiger partial charge in [-0.25, -0.2) is 4.79 Å². The Kier molecular flexibility index (Phi) is 8.92. The van der Waals surface area contributed by atoms with Gasteiger partial charge in [0.25, 0.3) is 0 Å². The van der Waals surface area contributed by atoms with Crippen molar-refractivity contribution >= 4 is 11.9 Å². The highest BCUT2D eigenvalue weighted by Gasteiger charge is 2.43. The van der Waals surface area contributed by atoms with Crippen molar-refractivity contribution in [2.24, 2.45) is 17.8 Å². The smallest absolute Gasteiger partial charge is 0.347 e. The highest BCUT2D eigenvalue weighted by atomic mass is 16.6. The molecule has 1 fully saturated rings. The minimum absolute atomic E-state index is 0.0417. The molecular weight excluding hydrogens is 476 g/mol. The third-order valence-corrected chi connectivity index (χ3v) is 7.67. The van der Waals surface area contributed by atoms with Crippen molar-refractivity contribution in [2.75, 3.05) is 7.11 Å². The van der Waals surface area contributed by atoms with Gasteiger partial charge in [-0.1, -0.05) is 44.2 Å². The lowest BCUT2D eigenvalue weighted by atomic mass is 9.66. The molecule has 1 aliphatic heterocycles. The van der Waals surface area contributed by atoms with Gasteiger partial charge in [-0.05, 0) is 48.8 Å². The average Bonchev–Trinajstić information content (AvgIpc) is 2.86. The van der Waals surface area contributed by atoms with Gasteiger partial charge in [0.15, 0.2) is 17.6 Å². The molecule has 2 aliphatic carbocycles. The van der Waals surface area contributed by atoms with E-state index in [0.29, 0.717) is 37.2 Å². The molecule has 8 atom stereocenters. The van der Waals surface area contributed by atoms with Crippen LogP contribution in [-0.2, 0) is 19.1 Å². The number of aliphatic hydroxyl groups excluding tert-OH is 2. The maximum absolute atomic E-state index is 13.3. The predicted octanol–water partition coefficient (Wildman–Crippen LogP) is 3.74. The van der Waals surface area contributed by atoms with E-state index in [4.69, 9.17) is 18.9 Å². The standard InChI is InChI=1S/C29H38O8/c1-4-23(36-25-8-6-5-7-24(25)34-3)29(33)37-26-15-19(30)13-18-10-9-17(2)22(28(18)26)12-11-21-14-20(31)16-27(32)35-21/h5-10,13,17,19-23,26,28,30-31H,4,11-12,14-16H2,1-3H3/t17?,19?,20-,21-,22?,23+,26?,28?/m1/s1. The summed E-state index contributed by atoms with van der Waals surface area (Å²) in [4.78, 5) is 25.1. The van der Waals surface area contributed by atoms with E-state index in [1.54, 1.807) is 19.2 Å². The molecule has 2 N–H and O–H groups in total. The van der Waals surface area contributed by atoms with Crippen molar-refractivity contribution in [3.8, 4) is 11.5 Å². The molecule has 1 aromatic rings. The van der Waals surface area contributed by atoms with Gasteiger partial charge in [-0.2, -0.15) is 0 Å². The summed E-state index contributed by atoms with van der Waals surface area (Å²) in [6.45, 7) is 3.99. The fourth-order valence-corrected chi connectivity index (χ4v) is 5.80. The maximum Gasteiger partial charge on any atom is 0.347 e. The Labute approximate surface area is 218 Å². The van der Waals surface area contributed by atoms with Crippen LogP contribution in [0.15, 0.2) is 48.1 Å². The Balaban J connectivity index is 1.48. The summed E-state index contributed by atoms with van der Waals surface area (Å²) in [5.41, 5.74) is 0.957. The second-order valence-corrected chi connectivity index (χ2v) is 10.3. The molecule has 1 aromatic carbocycles. The first-order valence-electron chi connectivity index (χ1n) is 13.2. The number of methoxy groups -OCH3 is 1. The number of allylic oxidation sites excluding steroid dienone is 2. The van der Waals surface area contributed by atoms with E-state index in [1.165, 1.54) is 0 Å². The Bertz CT molecular complexity index is 1020. The zero-order valence-electron chi connectivity index (χ0n) is 21.7. The number of aliphatic hydroxyl groups is 2. The number of hydrogen-bond donors (Lipinski definition) is 2. The minimum Gasteiger partial charge on any atom is -0.493 e. The van der Waals surface area contributed by atoms with Gasteiger partial charge in [0.1, 0.15) is 12.2 Å². The maximum atomic E-state index is 13.3. The fourth-order valence-electron chi connectivity index (χ4n) is 5.80. The van der Waals surface area contributed by atoms with E-state index in [2.05, 4.69) is 13.0 Å². The van der Waals surface area contributed by atoms with Gasteiger partial charge in [-0.15, -0.1) is 0 Å². The van der Waals surface area contributed by atoms with Crippen molar-refractivity contribution in [2.45, 2.75) is 82.9 Å². The second-order valence-electron chi connectivity index (χ2n) is 10.3. The summed E-state index contributed by atoms with van der Waals surface area (Å²) in [5.74, 6) is 0.386. The van der Waals surface area contributed by atoms with Crippen LogP contribution >= 0.6 is 0 Å². The van der Waals surface area contributed by atoms with Crippen LogP contribution in [0.3, 0.4) is 0 Å². The quantitative estimate of drug-likeness (QED) is 0.480. The molecule has 3 aliphatic rings. The molecule has 1 heterocycles. The summed E-state index contributed by atoms with van der Waals surface area (Å²) in [6.07, 6.45) is 5.48. The molecule has 8 nitrogen and oxygen atoms in total. The number of cyclic esters (lactones) is 1. The normalized spacial score (nSPS) is 32.0. The van der Waals surface area contributed by atoms with Gasteiger partial charge < -0.3 is 29.2 Å². The molecule has 0 radical (unpaired) electrons. The lowest BCUT2D eigenvalue weighted by Crippen LogP contribution is -2.44. The van der Waals surface area contributed by atoms with E-state index in [9.17, 15) is 19.8 Å². The molecule has 0 aromatic heterocycles. The first kappa shape index (κ1) is 27.2. The molecular formula is C29H38O8. The van der Waals surface area contributed by atoms with E-state index >= 15 is 0 Å². The van der Waals surface area contributed by atoms with Crippen LogP contribution < -0.4 is 9.47 Å². The molecule has 202 valence electrons. The van der Waals surface area contributed by atoms with Gasteiger partial charge in [0, 0.05) is 18.8 Å². The van der Waals surface area contributed by atoms with Crippen LogP contribution in [0.2, 0.25) is 0 Å². The van der Waals surface area contributed by atoms with Crippen LogP contribution in [0.4, 0.5) is 0 Å². The number of esters is 2. The molecule has 0 saturated carbocycles. The number of hydrogen-bond acceptors (Lipinski definition) is 8. The molecule has 8 heteroatoms. The predicted molar refractivity (Wildman–Crippen MR) is 136 cm³/mol. The monoisotopic (exact) mass is 514 g/mol. The first-order valence-corrected chi connectivity index (χ1v) is 13.2. The van der Waals surface area contributed by atoms with Gasteiger partial charge in [-0.3, -0.25) is 4.79 Å². The lowest BCUT2D eigenvalue weighted by Gasteiger charge is -2.43. The van der Waals surface area contributed by atoms with E-state index in [1.807, 2.05) is 31.2 Å². The summed E-state index contributed by atoms with van der Waals surface area (Å²) < 4.78 is 22.9. The SMILES string of the molecule is CC[C@H](Oc1ccccc1OC)C(=O)OC1CC(O)C=C2C=CC(C)C(CC[C@@H]3C[C@@H](O)CC(=O)O3)C21. The summed E-state index contributed by atoms with van der Waals surface area (Å²) in [5, 5.41) is 20.5. The van der Waals surface area contributed by atoms with Gasteiger partial charge in [0.05, 0.1) is 25.7 Å². The number of rotatable bonds is 9. The molecule has 37 heavy (non-hydrogen) atoms. The molecule has 0 spiro atoms. The molecule has 0 amide bonds. The van der Waals surface area contributed by atoms with Gasteiger partial charge >= 0.3 is 11.9 Å². The minimum atomic E-state index is -0.819. The molecule has 1 saturated heterocycles. The Hall–Kier alpha value is -2.84. The number of para-hydroxylation sites is 2. The topological polar surface area (TPSA) is 112 Å². The number of ether oxygens (including phenoxy) is 4. The number of benzene rings is 1. The number of carbonyl (C=O) groups excluding carboxylic acids is 2. The largest absolute Gasteiger partial charge is 0.493 e. The Morgan fingerprint density at radius 2 is 1.92 bits per heavy atom. The van der Waals surface area contributed by atoms with Crippen LogP contribution in [0, 0.1) is 17.8 Å². The van der Waals surface area contributed by atoms with Crippen molar-refractivity contribution in [1.29, 1.82) is 0 Å².